The molecular weight excluding hydrogens is 354 g/mol. The van der Waals surface area contributed by atoms with E-state index in [1.807, 2.05) is 24.3 Å². The van der Waals surface area contributed by atoms with Crippen molar-refractivity contribution in [1.82, 2.24) is 14.8 Å². The summed E-state index contributed by atoms with van der Waals surface area (Å²) < 4.78 is 12.8. The summed E-state index contributed by atoms with van der Waals surface area (Å²) in [5, 5.41) is 9.52. The Labute approximate surface area is 162 Å². The molecule has 6 heteroatoms. The highest BCUT2D eigenvalue weighted by Crippen LogP contribution is 2.28. The van der Waals surface area contributed by atoms with Gasteiger partial charge in [0.1, 0.15) is 5.69 Å². The van der Waals surface area contributed by atoms with Gasteiger partial charge in [-0.3, -0.25) is 0 Å². The van der Waals surface area contributed by atoms with E-state index in [-0.39, 0.29) is 5.97 Å². The van der Waals surface area contributed by atoms with E-state index < -0.39 is 0 Å². The molecule has 6 nitrogen and oxygen atoms in total. The van der Waals surface area contributed by atoms with E-state index in [0.29, 0.717) is 23.9 Å². The van der Waals surface area contributed by atoms with Crippen molar-refractivity contribution in [2.24, 2.45) is 0 Å². The lowest BCUT2D eigenvalue weighted by Gasteiger charge is -2.09. The van der Waals surface area contributed by atoms with Gasteiger partial charge in [-0.1, -0.05) is 37.3 Å². The number of para-hydroxylation sites is 1. The molecule has 0 aliphatic carbocycles. The number of carbonyl (C=O) groups excluding carboxylic acids is 1. The first-order chi connectivity index (χ1) is 13.7. The van der Waals surface area contributed by atoms with Crippen molar-refractivity contribution < 1.29 is 13.9 Å². The van der Waals surface area contributed by atoms with Crippen molar-refractivity contribution in [3.05, 3.63) is 71.6 Å². The summed E-state index contributed by atoms with van der Waals surface area (Å²) in [7, 11) is 1.38. The van der Waals surface area contributed by atoms with Crippen LogP contribution in [-0.2, 0) is 17.7 Å². The van der Waals surface area contributed by atoms with E-state index in [9.17, 15) is 4.79 Å². The van der Waals surface area contributed by atoms with Gasteiger partial charge in [-0.25, -0.2) is 4.79 Å². The number of esters is 1. The van der Waals surface area contributed by atoms with Crippen LogP contribution in [0.4, 0.5) is 0 Å². The van der Waals surface area contributed by atoms with Gasteiger partial charge in [-0.05, 0) is 36.2 Å². The molecule has 142 valence electrons. The minimum Gasteiger partial charge on any atom is -0.465 e. The highest BCUT2D eigenvalue weighted by molar-refractivity contribution is 5.89. The zero-order valence-electron chi connectivity index (χ0n) is 15.9. The Balaban J connectivity index is 1.73. The van der Waals surface area contributed by atoms with Gasteiger partial charge in [0, 0.05) is 23.9 Å². The van der Waals surface area contributed by atoms with Crippen LogP contribution in [0, 0.1) is 0 Å². The molecule has 0 unspecified atom stereocenters. The van der Waals surface area contributed by atoms with Crippen molar-refractivity contribution in [3.63, 3.8) is 0 Å². The summed E-state index contributed by atoms with van der Waals surface area (Å²) in [6, 6.07) is 17.7. The topological polar surface area (TPSA) is 70.2 Å². The van der Waals surface area contributed by atoms with Crippen LogP contribution < -0.4 is 0 Å². The molecule has 0 saturated heterocycles. The van der Waals surface area contributed by atoms with Gasteiger partial charge in [-0.15, -0.1) is 10.2 Å². The SMILES string of the molecule is CCCc1nnc(-c2cc3ccccc3n2Cc2ccc(C(=O)OC)cc2)o1. The molecule has 0 saturated carbocycles. The number of rotatable bonds is 6. The second kappa shape index (κ2) is 7.68. The van der Waals surface area contributed by atoms with Crippen molar-refractivity contribution in [2.45, 2.75) is 26.3 Å². The normalized spacial score (nSPS) is 11.1. The number of hydrogen-bond acceptors (Lipinski definition) is 5. The molecule has 0 amide bonds. The number of aryl methyl sites for hydroxylation is 1. The third-order valence-electron chi connectivity index (χ3n) is 4.68. The van der Waals surface area contributed by atoms with E-state index in [1.54, 1.807) is 12.1 Å². The van der Waals surface area contributed by atoms with Gasteiger partial charge in [0.15, 0.2) is 0 Å². The monoisotopic (exact) mass is 375 g/mol. The van der Waals surface area contributed by atoms with Crippen LogP contribution in [0.25, 0.3) is 22.5 Å². The van der Waals surface area contributed by atoms with E-state index >= 15 is 0 Å². The molecule has 0 spiro atoms. The number of fused-ring (bicyclic) bond motifs is 1. The number of carbonyl (C=O) groups is 1. The average Bonchev–Trinajstić information content (AvgIpc) is 3.33. The largest absolute Gasteiger partial charge is 0.465 e. The Hall–Kier alpha value is -3.41. The predicted molar refractivity (Wildman–Crippen MR) is 106 cm³/mol. The standard InChI is InChI=1S/C22H21N3O3/c1-3-6-20-23-24-21(28-20)19-13-17-7-4-5-8-18(17)25(19)14-15-9-11-16(12-10-15)22(26)27-2/h4-5,7-13H,3,6,14H2,1-2H3. The van der Waals surface area contributed by atoms with Crippen LogP contribution in [0.5, 0.6) is 0 Å². The molecular formula is C22H21N3O3. The van der Waals surface area contributed by atoms with Crippen LogP contribution >= 0.6 is 0 Å². The summed E-state index contributed by atoms with van der Waals surface area (Å²) in [6.45, 7) is 2.70. The van der Waals surface area contributed by atoms with Gasteiger partial charge in [-0.2, -0.15) is 0 Å². The van der Waals surface area contributed by atoms with Crippen LogP contribution in [0.3, 0.4) is 0 Å². The maximum Gasteiger partial charge on any atom is 0.337 e. The molecule has 4 aromatic rings. The van der Waals surface area contributed by atoms with E-state index in [0.717, 1.165) is 35.0 Å². The van der Waals surface area contributed by atoms with Crippen LogP contribution in [0.2, 0.25) is 0 Å². The van der Waals surface area contributed by atoms with Gasteiger partial charge in [0.25, 0.3) is 5.89 Å². The maximum atomic E-state index is 11.7. The first-order valence-corrected chi connectivity index (χ1v) is 9.28. The zero-order chi connectivity index (χ0) is 19.5. The van der Waals surface area contributed by atoms with Crippen LogP contribution in [-0.4, -0.2) is 27.8 Å². The molecule has 0 fully saturated rings. The van der Waals surface area contributed by atoms with E-state index in [2.05, 4.69) is 39.9 Å². The van der Waals surface area contributed by atoms with Gasteiger partial charge >= 0.3 is 5.97 Å². The molecule has 0 atom stereocenters. The predicted octanol–water partition coefficient (Wildman–Crippen LogP) is 4.48. The van der Waals surface area contributed by atoms with Crippen LogP contribution in [0.1, 0.15) is 35.2 Å². The minimum atomic E-state index is -0.340. The molecule has 2 heterocycles. The highest BCUT2D eigenvalue weighted by Gasteiger charge is 2.16. The van der Waals surface area contributed by atoms with Gasteiger partial charge in [0.05, 0.1) is 12.7 Å². The molecule has 2 aromatic carbocycles. The lowest BCUT2D eigenvalue weighted by molar-refractivity contribution is 0.0600. The van der Waals surface area contributed by atoms with E-state index in [1.165, 1.54) is 7.11 Å². The van der Waals surface area contributed by atoms with Gasteiger partial charge < -0.3 is 13.7 Å². The molecule has 0 aliphatic rings. The van der Waals surface area contributed by atoms with Crippen molar-refractivity contribution in [3.8, 4) is 11.6 Å². The molecule has 0 N–H and O–H groups in total. The highest BCUT2D eigenvalue weighted by atomic mass is 16.5. The summed E-state index contributed by atoms with van der Waals surface area (Å²) in [5.74, 6) is 0.829. The summed E-state index contributed by atoms with van der Waals surface area (Å²) in [6.07, 6.45) is 1.72. The number of benzene rings is 2. The third kappa shape index (κ3) is 3.41. The number of methoxy groups -OCH3 is 1. The molecule has 28 heavy (non-hydrogen) atoms. The number of hydrogen-bond donors (Lipinski definition) is 0. The molecule has 0 aliphatic heterocycles. The molecule has 4 rings (SSSR count). The van der Waals surface area contributed by atoms with Crippen molar-refractivity contribution >= 4 is 16.9 Å². The summed E-state index contributed by atoms with van der Waals surface area (Å²) in [4.78, 5) is 11.7. The number of nitrogens with zero attached hydrogens (tertiary/aromatic N) is 3. The van der Waals surface area contributed by atoms with Crippen molar-refractivity contribution in [1.29, 1.82) is 0 Å². The molecule has 2 aromatic heterocycles. The van der Waals surface area contributed by atoms with E-state index in [4.69, 9.17) is 9.15 Å². The fourth-order valence-electron chi connectivity index (χ4n) is 3.28. The summed E-state index contributed by atoms with van der Waals surface area (Å²) >= 11 is 0. The summed E-state index contributed by atoms with van der Waals surface area (Å²) in [5.41, 5.74) is 3.56. The van der Waals surface area contributed by atoms with Crippen LogP contribution in [0.15, 0.2) is 59.0 Å². The quantitative estimate of drug-likeness (QED) is 0.465. The fraction of sp³-hybridized carbons (Fsp3) is 0.227. The smallest absolute Gasteiger partial charge is 0.337 e. The molecule has 0 bridgehead atoms. The third-order valence-corrected chi connectivity index (χ3v) is 4.68. The van der Waals surface area contributed by atoms with Crippen molar-refractivity contribution in [2.75, 3.05) is 7.11 Å². The first kappa shape index (κ1) is 18.0. The Kier molecular flexibility index (Phi) is 4.93. The Morgan fingerprint density at radius 2 is 1.89 bits per heavy atom. The van der Waals surface area contributed by atoms with Gasteiger partial charge in [0.2, 0.25) is 5.89 Å². The number of aromatic nitrogens is 3. The average molecular weight is 375 g/mol. The first-order valence-electron chi connectivity index (χ1n) is 9.28. The second-order valence-electron chi connectivity index (χ2n) is 6.61. The lowest BCUT2D eigenvalue weighted by atomic mass is 10.1. The number of ether oxygens (including phenoxy) is 1. The Bertz CT molecular complexity index is 1110. The molecule has 0 radical (unpaired) electrons. The lowest BCUT2D eigenvalue weighted by Crippen LogP contribution is -2.04. The Morgan fingerprint density at radius 3 is 2.64 bits per heavy atom. The zero-order valence-corrected chi connectivity index (χ0v) is 15.9. The Morgan fingerprint density at radius 1 is 1.11 bits per heavy atom. The minimum absolute atomic E-state index is 0.340. The fourth-order valence-corrected chi connectivity index (χ4v) is 3.28. The maximum absolute atomic E-state index is 11.7. The second-order valence-corrected chi connectivity index (χ2v) is 6.61.